The first-order valence-electron chi connectivity index (χ1n) is 9.23. The minimum atomic E-state index is 0.704. The highest BCUT2D eigenvalue weighted by Crippen LogP contribution is 2.17. The van der Waals surface area contributed by atoms with Crippen molar-refractivity contribution in [2.24, 2.45) is 0 Å². The van der Waals surface area contributed by atoms with Gasteiger partial charge in [-0.3, -0.25) is 4.90 Å². The first-order valence-corrected chi connectivity index (χ1v) is 9.23. The number of piperidine rings is 1. The van der Waals surface area contributed by atoms with Gasteiger partial charge in [0, 0.05) is 44.6 Å². The molecule has 130 valence electrons. The average Bonchev–Trinajstić information content (AvgIpc) is 3.11. The van der Waals surface area contributed by atoms with Crippen LogP contribution in [0.2, 0.25) is 0 Å². The van der Waals surface area contributed by atoms with Crippen LogP contribution in [-0.2, 0) is 13.1 Å². The highest BCUT2D eigenvalue weighted by atomic mass is 15.2. The largest absolute Gasteiger partial charge is 0.337 e. The lowest BCUT2D eigenvalue weighted by Crippen LogP contribution is -2.44. The molecule has 1 aromatic heterocycles. The molecule has 1 aliphatic heterocycles. The molecule has 0 radical (unpaired) electrons. The van der Waals surface area contributed by atoms with E-state index in [-0.39, 0.29) is 0 Å². The summed E-state index contributed by atoms with van der Waals surface area (Å²) < 4.78 is 2.17. The van der Waals surface area contributed by atoms with Gasteiger partial charge in [-0.15, -0.1) is 0 Å². The van der Waals surface area contributed by atoms with Crippen LogP contribution in [0.25, 0.3) is 0 Å². The molecule has 1 aromatic carbocycles. The highest BCUT2D eigenvalue weighted by molar-refractivity contribution is 5.14. The molecule has 0 aliphatic carbocycles. The number of benzene rings is 1. The van der Waals surface area contributed by atoms with Gasteiger partial charge in [-0.2, -0.15) is 0 Å². The summed E-state index contributed by atoms with van der Waals surface area (Å²) in [5.41, 5.74) is 1.42. The van der Waals surface area contributed by atoms with Gasteiger partial charge < -0.3 is 9.47 Å². The van der Waals surface area contributed by atoms with Crippen LogP contribution in [0, 0.1) is 0 Å². The van der Waals surface area contributed by atoms with Gasteiger partial charge >= 0.3 is 0 Å². The third-order valence-corrected chi connectivity index (χ3v) is 5.09. The second-order valence-corrected chi connectivity index (χ2v) is 7.00. The molecule has 2 heterocycles. The van der Waals surface area contributed by atoms with E-state index in [1.54, 1.807) is 0 Å². The van der Waals surface area contributed by atoms with Crippen molar-refractivity contribution in [3.8, 4) is 0 Å². The van der Waals surface area contributed by atoms with E-state index < -0.39 is 0 Å². The fourth-order valence-electron chi connectivity index (χ4n) is 3.65. The number of likely N-dealkylation sites (N-methyl/N-ethyl adjacent to an activating group) is 1. The minimum absolute atomic E-state index is 0.704. The van der Waals surface area contributed by atoms with Crippen molar-refractivity contribution < 1.29 is 0 Å². The Morgan fingerprint density at radius 1 is 1.21 bits per heavy atom. The van der Waals surface area contributed by atoms with Crippen molar-refractivity contribution in [2.75, 3.05) is 26.7 Å². The Morgan fingerprint density at radius 3 is 2.83 bits per heavy atom. The Kier molecular flexibility index (Phi) is 6.44. The number of likely N-dealkylation sites (tertiary alicyclic amines) is 1. The molecule has 1 aliphatic rings. The topological polar surface area (TPSA) is 24.3 Å². The second kappa shape index (κ2) is 9.00. The third-order valence-electron chi connectivity index (χ3n) is 5.09. The van der Waals surface area contributed by atoms with Crippen LogP contribution in [0.4, 0.5) is 0 Å². The van der Waals surface area contributed by atoms with Crippen LogP contribution in [-0.4, -0.2) is 52.1 Å². The molecule has 24 heavy (non-hydrogen) atoms. The van der Waals surface area contributed by atoms with Crippen LogP contribution in [0.1, 0.15) is 31.2 Å². The summed E-state index contributed by atoms with van der Waals surface area (Å²) in [5, 5.41) is 0. The number of hydrogen-bond acceptors (Lipinski definition) is 3. The van der Waals surface area contributed by atoms with Crippen LogP contribution in [0.3, 0.4) is 0 Å². The molecule has 1 unspecified atom stereocenters. The normalized spacial score (nSPS) is 19.0. The number of aryl methyl sites for hydroxylation is 1. The van der Waals surface area contributed by atoms with Gasteiger partial charge in [0.25, 0.3) is 0 Å². The number of aromatic nitrogens is 2. The molecule has 4 heteroatoms. The quantitative estimate of drug-likeness (QED) is 0.744. The summed E-state index contributed by atoms with van der Waals surface area (Å²) in [4.78, 5) is 9.32. The zero-order valence-corrected chi connectivity index (χ0v) is 14.8. The molecule has 1 fully saturated rings. The van der Waals surface area contributed by atoms with E-state index in [0.29, 0.717) is 6.04 Å². The molecule has 1 saturated heterocycles. The predicted octanol–water partition coefficient (Wildman–Crippen LogP) is 3.26. The summed E-state index contributed by atoms with van der Waals surface area (Å²) in [7, 11) is 2.29. The zero-order valence-electron chi connectivity index (χ0n) is 14.8. The molecule has 0 saturated carbocycles. The molecular formula is C20H30N4. The number of rotatable bonds is 8. The molecule has 0 bridgehead atoms. The summed E-state index contributed by atoms with van der Waals surface area (Å²) >= 11 is 0. The smallest absolute Gasteiger partial charge is 0.0945 e. The van der Waals surface area contributed by atoms with Crippen molar-refractivity contribution in [1.29, 1.82) is 0 Å². The van der Waals surface area contributed by atoms with Crippen LogP contribution in [0.15, 0.2) is 49.1 Å². The molecule has 0 amide bonds. The molecule has 0 N–H and O–H groups in total. The van der Waals surface area contributed by atoms with Crippen molar-refractivity contribution in [3.05, 3.63) is 54.6 Å². The lowest BCUT2D eigenvalue weighted by atomic mass is 10.0. The maximum atomic E-state index is 4.13. The van der Waals surface area contributed by atoms with Gasteiger partial charge in [0.15, 0.2) is 0 Å². The van der Waals surface area contributed by atoms with E-state index in [2.05, 4.69) is 62.9 Å². The van der Waals surface area contributed by atoms with E-state index in [9.17, 15) is 0 Å². The lowest BCUT2D eigenvalue weighted by molar-refractivity contribution is 0.123. The van der Waals surface area contributed by atoms with Gasteiger partial charge in [0.2, 0.25) is 0 Å². The number of hydrogen-bond donors (Lipinski definition) is 0. The number of imidazole rings is 1. The van der Waals surface area contributed by atoms with Crippen molar-refractivity contribution >= 4 is 0 Å². The maximum absolute atomic E-state index is 4.13. The lowest BCUT2D eigenvalue weighted by Gasteiger charge is -2.36. The average molecular weight is 326 g/mol. The summed E-state index contributed by atoms with van der Waals surface area (Å²) in [6.45, 7) is 5.66. The van der Waals surface area contributed by atoms with Gasteiger partial charge in [-0.05, 0) is 38.4 Å². The second-order valence-electron chi connectivity index (χ2n) is 7.00. The van der Waals surface area contributed by atoms with E-state index in [0.717, 1.165) is 19.6 Å². The Morgan fingerprint density at radius 2 is 2.08 bits per heavy atom. The van der Waals surface area contributed by atoms with E-state index in [1.165, 1.54) is 44.3 Å². The molecule has 0 spiro atoms. The molecule has 1 atom stereocenters. The minimum Gasteiger partial charge on any atom is -0.337 e. The van der Waals surface area contributed by atoms with Crippen molar-refractivity contribution in [1.82, 2.24) is 19.4 Å². The monoisotopic (exact) mass is 326 g/mol. The molecule has 3 rings (SSSR count). The standard InChI is InChI=1S/C20H30N4/c1-22-12-6-5-10-20(22)17-24(16-19-8-3-2-4-9-19)14-7-13-23-15-11-21-18-23/h2-4,8-9,11,15,18,20H,5-7,10,12-14,16-17H2,1H3. The third kappa shape index (κ3) is 5.18. The van der Waals surface area contributed by atoms with E-state index in [4.69, 9.17) is 0 Å². The number of nitrogens with zero attached hydrogens (tertiary/aromatic N) is 4. The molecule has 4 nitrogen and oxygen atoms in total. The Hall–Kier alpha value is -1.65. The predicted molar refractivity (Wildman–Crippen MR) is 98.8 cm³/mol. The fraction of sp³-hybridized carbons (Fsp3) is 0.550. The molecular weight excluding hydrogens is 296 g/mol. The van der Waals surface area contributed by atoms with Gasteiger partial charge in [0.1, 0.15) is 0 Å². The first kappa shape index (κ1) is 17.2. The SMILES string of the molecule is CN1CCCCC1CN(CCCn1ccnc1)Cc1ccccc1. The van der Waals surface area contributed by atoms with Gasteiger partial charge in [-0.1, -0.05) is 36.8 Å². The first-order chi connectivity index (χ1) is 11.8. The summed E-state index contributed by atoms with van der Waals surface area (Å²) in [5.74, 6) is 0. The van der Waals surface area contributed by atoms with Crippen LogP contribution < -0.4 is 0 Å². The summed E-state index contributed by atoms with van der Waals surface area (Å²) in [6, 6.07) is 11.6. The Bertz CT molecular complexity index is 567. The Labute approximate surface area is 146 Å². The Balaban J connectivity index is 1.56. The van der Waals surface area contributed by atoms with Crippen LogP contribution >= 0.6 is 0 Å². The highest BCUT2D eigenvalue weighted by Gasteiger charge is 2.21. The van der Waals surface area contributed by atoms with E-state index >= 15 is 0 Å². The summed E-state index contributed by atoms with van der Waals surface area (Å²) in [6.07, 6.45) is 11.1. The maximum Gasteiger partial charge on any atom is 0.0945 e. The zero-order chi connectivity index (χ0) is 16.6. The van der Waals surface area contributed by atoms with Crippen molar-refractivity contribution in [2.45, 2.75) is 44.8 Å². The van der Waals surface area contributed by atoms with E-state index in [1.807, 2.05) is 12.5 Å². The van der Waals surface area contributed by atoms with Gasteiger partial charge in [-0.25, -0.2) is 4.98 Å². The van der Waals surface area contributed by atoms with Gasteiger partial charge in [0.05, 0.1) is 6.33 Å². The molecule has 2 aromatic rings. The van der Waals surface area contributed by atoms with Crippen LogP contribution in [0.5, 0.6) is 0 Å². The fourth-order valence-corrected chi connectivity index (χ4v) is 3.65. The van der Waals surface area contributed by atoms with Crippen molar-refractivity contribution in [3.63, 3.8) is 0 Å².